The van der Waals surface area contributed by atoms with Crippen molar-refractivity contribution in [3.05, 3.63) is 57.1 Å². The fourth-order valence-electron chi connectivity index (χ4n) is 3.91. The molecule has 0 fully saturated rings. The molecule has 1 aliphatic heterocycles. The number of rotatable bonds is 6. The summed E-state index contributed by atoms with van der Waals surface area (Å²) in [6.45, 7) is 3.96. The molecule has 0 radical (unpaired) electrons. The Balaban J connectivity index is 1.63. The standard InChI is InChI=1S/C23H26BrF3N2OS/c1-14-8-19(22(29-11-14)31-13-17-4-3-5-18(24)10-17)21(30)28-12-16-6-7-20(15(2)9-16)23(25,26)27/h3-7,10-11,14-16,20H,8-9,12-13H2,1-2H3,(H,28,30). The average Bonchev–Trinajstić information content (AvgIpc) is 2.70. The lowest BCUT2D eigenvalue weighted by molar-refractivity contribution is -0.175. The van der Waals surface area contributed by atoms with Crippen LogP contribution in [0, 0.1) is 23.7 Å². The fraction of sp³-hybridized carbons (Fsp3) is 0.478. The summed E-state index contributed by atoms with van der Waals surface area (Å²) < 4.78 is 40.1. The smallest absolute Gasteiger partial charge is 0.352 e. The number of alkyl halides is 3. The summed E-state index contributed by atoms with van der Waals surface area (Å²) in [6.07, 6.45) is 1.49. The minimum Gasteiger partial charge on any atom is -0.352 e. The van der Waals surface area contributed by atoms with E-state index in [0.717, 1.165) is 10.0 Å². The molecule has 1 aromatic carbocycles. The molecule has 1 amide bonds. The van der Waals surface area contributed by atoms with E-state index < -0.39 is 18.0 Å². The molecule has 0 saturated carbocycles. The van der Waals surface area contributed by atoms with Crippen molar-refractivity contribution in [2.75, 3.05) is 6.54 Å². The molecule has 1 heterocycles. The number of hydrogen-bond acceptors (Lipinski definition) is 3. The van der Waals surface area contributed by atoms with Gasteiger partial charge in [-0.1, -0.05) is 54.1 Å². The number of carbonyl (C=O) groups excluding carboxylic acids is 1. The van der Waals surface area contributed by atoms with E-state index in [9.17, 15) is 18.0 Å². The predicted octanol–water partition coefficient (Wildman–Crippen LogP) is 6.51. The highest BCUT2D eigenvalue weighted by molar-refractivity contribution is 9.10. The quantitative estimate of drug-likeness (QED) is 0.439. The normalized spacial score (nSPS) is 26.3. The number of aliphatic imine (C=N–C) groups is 1. The van der Waals surface area contributed by atoms with Crippen LogP contribution >= 0.6 is 27.7 Å². The lowest BCUT2D eigenvalue weighted by Crippen LogP contribution is -2.36. The van der Waals surface area contributed by atoms with E-state index in [4.69, 9.17) is 0 Å². The van der Waals surface area contributed by atoms with Gasteiger partial charge in [-0.25, -0.2) is 0 Å². The summed E-state index contributed by atoms with van der Waals surface area (Å²) >= 11 is 4.99. The highest BCUT2D eigenvalue weighted by Gasteiger charge is 2.43. The lowest BCUT2D eigenvalue weighted by atomic mass is 9.79. The number of nitrogens with one attached hydrogen (secondary N) is 1. The summed E-state index contributed by atoms with van der Waals surface area (Å²) in [5, 5.41) is 3.64. The summed E-state index contributed by atoms with van der Waals surface area (Å²) in [5.41, 5.74) is 1.78. The van der Waals surface area contributed by atoms with Crippen LogP contribution in [0.1, 0.15) is 32.3 Å². The maximum absolute atomic E-state index is 13.0. The Kier molecular flexibility index (Phi) is 8.08. The Labute approximate surface area is 193 Å². The number of benzene rings is 1. The van der Waals surface area contributed by atoms with Gasteiger partial charge >= 0.3 is 6.18 Å². The van der Waals surface area contributed by atoms with Crippen molar-refractivity contribution in [2.45, 2.75) is 38.6 Å². The van der Waals surface area contributed by atoms with Crippen LogP contribution in [0.3, 0.4) is 0 Å². The van der Waals surface area contributed by atoms with Gasteiger partial charge in [0.15, 0.2) is 0 Å². The number of thioether (sulfide) groups is 1. The Hall–Kier alpha value is -1.54. The van der Waals surface area contributed by atoms with E-state index in [1.165, 1.54) is 17.8 Å². The van der Waals surface area contributed by atoms with Crippen LogP contribution in [0.25, 0.3) is 0 Å². The molecular weight excluding hydrogens is 489 g/mol. The predicted molar refractivity (Wildman–Crippen MR) is 124 cm³/mol. The van der Waals surface area contributed by atoms with Gasteiger partial charge in [0.05, 0.1) is 5.92 Å². The molecule has 8 heteroatoms. The van der Waals surface area contributed by atoms with E-state index >= 15 is 0 Å². The third kappa shape index (κ3) is 6.72. The number of allylic oxidation sites excluding steroid dienone is 1. The molecule has 168 valence electrons. The Bertz CT molecular complexity index is 897. The second-order valence-electron chi connectivity index (χ2n) is 8.30. The molecule has 2 aliphatic rings. The SMILES string of the molecule is CC1C=NC(SCc2cccc(Br)c2)=C(C(=O)NCC2C=CC(C(F)(F)F)C(C)C2)C1. The number of carbonyl (C=O) groups is 1. The first-order valence-corrected chi connectivity index (χ1v) is 12.1. The maximum atomic E-state index is 13.0. The van der Waals surface area contributed by atoms with Gasteiger partial charge in [-0.2, -0.15) is 13.2 Å². The number of halogens is 4. The van der Waals surface area contributed by atoms with Crippen molar-refractivity contribution in [1.29, 1.82) is 0 Å². The summed E-state index contributed by atoms with van der Waals surface area (Å²) in [6, 6.07) is 7.99. The first kappa shape index (κ1) is 24.1. The first-order chi connectivity index (χ1) is 14.6. The zero-order valence-electron chi connectivity index (χ0n) is 17.5. The molecular formula is C23H26BrF3N2OS. The number of nitrogens with zero attached hydrogens (tertiary/aromatic N) is 1. The Morgan fingerprint density at radius 1 is 1.29 bits per heavy atom. The molecule has 0 bridgehead atoms. The minimum atomic E-state index is -4.22. The van der Waals surface area contributed by atoms with Crippen LogP contribution in [-0.2, 0) is 10.5 Å². The van der Waals surface area contributed by atoms with E-state index in [2.05, 4.69) is 26.2 Å². The average molecular weight is 515 g/mol. The van der Waals surface area contributed by atoms with Crippen molar-refractivity contribution < 1.29 is 18.0 Å². The molecule has 31 heavy (non-hydrogen) atoms. The van der Waals surface area contributed by atoms with Crippen molar-refractivity contribution in [3.8, 4) is 0 Å². The molecule has 4 atom stereocenters. The highest BCUT2D eigenvalue weighted by atomic mass is 79.9. The molecule has 1 N–H and O–H groups in total. The highest BCUT2D eigenvalue weighted by Crippen LogP contribution is 2.39. The molecule has 1 aromatic rings. The zero-order valence-corrected chi connectivity index (χ0v) is 19.9. The van der Waals surface area contributed by atoms with Crippen molar-refractivity contribution in [2.24, 2.45) is 28.7 Å². The Morgan fingerprint density at radius 2 is 2.06 bits per heavy atom. The second kappa shape index (κ2) is 10.4. The third-order valence-electron chi connectivity index (χ3n) is 5.55. The van der Waals surface area contributed by atoms with Gasteiger partial charge in [-0.15, -0.1) is 11.8 Å². The largest absolute Gasteiger partial charge is 0.395 e. The van der Waals surface area contributed by atoms with Crippen LogP contribution in [0.4, 0.5) is 13.2 Å². The molecule has 4 unspecified atom stereocenters. The zero-order chi connectivity index (χ0) is 22.6. The summed E-state index contributed by atoms with van der Waals surface area (Å²) in [7, 11) is 0. The van der Waals surface area contributed by atoms with E-state index in [-0.39, 0.29) is 17.7 Å². The first-order valence-electron chi connectivity index (χ1n) is 10.3. The Morgan fingerprint density at radius 3 is 2.74 bits per heavy atom. The van der Waals surface area contributed by atoms with E-state index in [0.29, 0.717) is 35.7 Å². The van der Waals surface area contributed by atoms with Gasteiger partial charge in [0.1, 0.15) is 5.03 Å². The lowest BCUT2D eigenvalue weighted by Gasteiger charge is -2.31. The van der Waals surface area contributed by atoms with Crippen LogP contribution in [0.2, 0.25) is 0 Å². The second-order valence-corrected chi connectivity index (χ2v) is 10.2. The minimum absolute atomic E-state index is 0.0968. The monoisotopic (exact) mass is 514 g/mol. The summed E-state index contributed by atoms with van der Waals surface area (Å²) in [5.74, 6) is -1.32. The topological polar surface area (TPSA) is 41.5 Å². The third-order valence-corrected chi connectivity index (χ3v) is 7.15. The van der Waals surface area contributed by atoms with Crippen LogP contribution in [0.5, 0.6) is 0 Å². The molecule has 0 spiro atoms. The van der Waals surface area contributed by atoms with Gasteiger partial charge in [-0.3, -0.25) is 9.79 Å². The molecule has 0 saturated heterocycles. The van der Waals surface area contributed by atoms with Crippen LogP contribution in [-0.4, -0.2) is 24.8 Å². The van der Waals surface area contributed by atoms with E-state index in [1.807, 2.05) is 37.4 Å². The molecule has 1 aliphatic carbocycles. The number of amides is 1. The number of hydrogen-bond donors (Lipinski definition) is 1. The van der Waals surface area contributed by atoms with Crippen molar-refractivity contribution in [1.82, 2.24) is 5.32 Å². The maximum Gasteiger partial charge on any atom is 0.395 e. The van der Waals surface area contributed by atoms with Crippen LogP contribution < -0.4 is 5.32 Å². The molecule has 3 nitrogen and oxygen atoms in total. The fourth-order valence-corrected chi connectivity index (χ4v) is 5.33. The van der Waals surface area contributed by atoms with Gasteiger partial charge in [0.25, 0.3) is 0 Å². The van der Waals surface area contributed by atoms with Gasteiger partial charge in [-0.05, 0) is 48.3 Å². The van der Waals surface area contributed by atoms with Gasteiger partial charge in [0, 0.05) is 28.6 Å². The molecule has 0 aromatic heterocycles. The molecule has 3 rings (SSSR count). The van der Waals surface area contributed by atoms with Crippen molar-refractivity contribution >= 4 is 39.8 Å². The van der Waals surface area contributed by atoms with Gasteiger partial charge in [0.2, 0.25) is 5.91 Å². The van der Waals surface area contributed by atoms with Crippen LogP contribution in [0.15, 0.2) is 56.5 Å². The van der Waals surface area contributed by atoms with Crippen molar-refractivity contribution in [3.63, 3.8) is 0 Å². The van der Waals surface area contributed by atoms with Gasteiger partial charge < -0.3 is 5.32 Å². The summed E-state index contributed by atoms with van der Waals surface area (Å²) in [4.78, 5) is 17.4. The van der Waals surface area contributed by atoms with E-state index in [1.54, 1.807) is 13.0 Å².